The maximum absolute atomic E-state index is 12.8. The van der Waals surface area contributed by atoms with E-state index in [0.29, 0.717) is 29.1 Å². The second-order valence-electron chi connectivity index (χ2n) is 7.38. The number of hydrogen-bond acceptors (Lipinski definition) is 4. The summed E-state index contributed by atoms with van der Waals surface area (Å²) >= 11 is 3.39. The Morgan fingerprint density at radius 1 is 1.27 bits per heavy atom. The van der Waals surface area contributed by atoms with Gasteiger partial charge in [0.25, 0.3) is 11.8 Å². The number of amides is 2. The summed E-state index contributed by atoms with van der Waals surface area (Å²) in [6.45, 7) is 11.3. The number of anilines is 2. The van der Waals surface area contributed by atoms with Gasteiger partial charge in [0.15, 0.2) is 0 Å². The highest BCUT2D eigenvalue weighted by Crippen LogP contribution is 2.38. The predicted molar refractivity (Wildman–Crippen MR) is 125 cm³/mol. The smallest absolute Gasteiger partial charge is 0.256 e. The van der Waals surface area contributed by atoms with Crippen molar-refractivity contribution in [3.05, 3.63) is 44.7 Å². The molecule has 0 bridgehead atoms. The van der Waals surface area contributed by atoms with Gasteiger partial charge in [-0.3, -0.25) is 9.59 Å². The number of likely N-dealkylation sites (N-methyl/N-ethyl adjacent to an activating group) is 1. The first-order valence-corrected chi connectivity index (χ1v) is 10.9. The van der Waals surface area contributed by atoms with Crippen LogP contribution in [0.15, 0.2) is 16.6 Å². The second-order valence-corrected chi connectivity index (χ2v) is 8.23. The molecule has 0 fully saturated rings. The fourth-order valence-electron chi connectivity index (χ4n) is 3.73. The van der Waals surface area contributed by atoms with Crippen LogP contribution in [0.4, 0.5) is 11.4 Å². The van der Waals surface area contributed by atoms with Gasteiger partial charge in [-0.05, 0) is 66.6 Å². The van der Waals surface area contributed by atoms with Gasteiger partial charge in [-0.25, -0.2) is 0 Å². The van der Waals surface area contributed by atoms with Gasteiger partial charge in [0.2, 0.25) is 0 Å². The van der Waals surface area contributed by atoms with Gasteiger partial charge in [-0.2, -0.15) is 0 Å². The largest absolute Gasteiger partial charge is 0.398 e. The lowest BCUT2D eigenvalue weighted by atomic mass is 10.0. The third-order valence-corrected chi connectivity index (χ3v) is 6.21. The van der Waals surface area contributed by atoms with Crippen molar-refractivity contribution in [1.82, 2.24) is 15.2 Å². The standard InChI is InChI=1S/C22H28BrN5O2/c1-5-28(6-2)8-7-25-22(30)20-12(3)18(26-13(20)4)10-15-14-9-17(24)16(23)11-19(14)27-21(15)29/h9-11,26H,5-8,24H2,1-4H3,(H,25,30)(H,27,29)/b15-10-. The number of nitrogens with one attached hydrogen (secondary N) is 3. The quantitative estimate of drug-likeness (QED) is 0.364. The van der Waals surface area contributed by atoms with Crippen LogP contribution >= 0.6 is 15.9 Å². The number of H-pyrrole nitrogens is 1. The third-order valence-electron chi connectivity index (χ3n) is 5.52. The molecule has 0 atom stereocenters. The van der Waals surface area contributed by atoms with Crippen molar-refractivity contribution in [2.24, 2.45) is 0 Å². The molecule has 0 saturated carbocycles. The summed E-state index contributed by atoms with van der Waals surface area (Å²) in [6, 6.07) is 3.57. The maximum atomic E-state index is 12.8. The molecule has 1 aliphatic heterocycles. The van der Waals surface area contributed by atoms with E-state index in [4.69, 9.17) is 5.73 Å². The summed E-state index contributed by atoms with van der Waals surface area (Å²) in [7, 11) is 0. The van der Waals surface area contributed by atoms with E-state index in [-0.39, 0.29) is 11.8 Å². The van der Waals surface area contributed by atoms with Gasteiger partial charge >= 0.3 is 0 Å². The molecule has 2 amide bonds. The average Bonchev–Trinajstić information content (AvgIpc) is 3.15. The van der Waals surface area contributed by atoms with E-state index < -0.39 is 0 Å². The Balaban J connectivity index is 1.85. The Morgan fingerprint density at radius 2 is 1.97 bits per heavy atom. The number of carbonyl (C=O) groups excluding carboxylic acids is 2. The van der Waals surface area contributed by atoms with Crippen LogP contribution in [0.5, 0.6) is 0 Å². The fraction of sp³-hybridized carbons (Fsp3) is 0.364. The molecule has 160 valence electrons. The minimum absolute atomic E-state index is 0.109. The van der Waals surface area contributed by atoms with Crippen molar-refractivity contribution in [3.63, 3.8) is 0 Å². The summed E-state index contributed by atoms with van der Waals surface area (Å²) in [5, 5.41) is 5.86. The Hall–Kier alpha value is -2.58. The Bertz CT molecular complexity index is 1020. The van der Waals surface area contributed by atoms with E-state index in [1.807, 2.05) is 13.8 Å². The van der Waals surface area contributed by atoms with E-state index in [0.717, 1.165) is 46.6 Å². The molecule has 2 heterocycles. The molecule has 30 heavy (non-hydrogen) atoms. The number of rotatable bonds is 7. The van der Waals surface area contributed by atoms with Gasteiger partial charge in [0.05, 0.1) is 16.8 Å². The molecule has 0 aliphatic carbocycles. The van der Waals surface area contributed by atoms with Crippen molar-refractivity contribution >= 4 is 50.8 Å². The molecule has 2 aromatic rings. The summed E-state index contributed by atoms with van der Waals surface area (Å²) in [5.74, 6) is -0.304. The molecule has 0 unspecified atom stereocenters. The summed E-state index contributed by atoms with van der Waals surface area (Å²) in [6.07, 6.45) is 1.78. The molecule has 0 saturated heterocycles. The molecular formula is C22H28BrN5O2. The molecule has 0 spiro atoms. The lowest BCUT2D eigenvalue weighted by Crippen LogP contribution is -2.35. The second kappa shape index (κ2) is 9.06. The number of aromatic amines is 1. The minimum atomic E-state index is -0.195. The van der Waals surface area contributed by atoms with Crippen LogP contribution in [0.25, 0.3) is 11.6 Å². The van der Waals surface area contributed by atoms with E-state index >= 15 is 0 Å². The number of fused-ring (bicyclic) bond motifs is 1. The molecule has 1 aromatic carbocycles. The summed E-state index contributed by atoms with van der Waals surface area (Å²) < 4.78 is 0.735. The van der Waals surface area contributed by atoms with Crippen molar-refractivity contribution in [2.45, 2.75) is 27.7 Å². The first kappa shape index (κ1) is 22.1. The van der Waals surface area contributed by atoms with Crippen LogP contribution in [-0.2, 0) is 4.79 Å². The molecule has 1 aliphatic rings. The van der Waals surface area contributed by atoms with E-state index in [1.165, 1.54) is 0 Å². The van der Waals surface area contributed by atoms with E-state index in [9.17, 15) is 9.59 Å². The van der Waals surface area contributed by atoms with Gasteiger partial charge in [-0.15, -0.1) is 0 Å². The molecule has 5 N–H and O–H groups in total. The van der Waals surface area contributed by atoms with Crippen LogP contribution in [0.2, 0.25) is 0 Å². The highest BCUT2D eigenvalue weighted by Gasteiger charge is 2.26. The molecule has 1 aromatic heterocycles. The zero-order chi connectivity index (χ0) is 22.0. The fourth-order valence-corrected chi connectivity index (χ4v) is 4.07. The Kier molecular flexibility index (Phi) is 6.67. The highest BCUT2D eigenvalue weighted by atomic mass is 79.9. The number of nitrogens with two attached hydrogens (primary N) is 1. The van der Waals surface area contributed by atoms with Gasteiger partial charge < -0.3 is 26.3 Å². The van der Waals surface area contributed by atoms with Crippen molar-refractivity contribution < 1.29 is 9.59 Å². The number of carbonyl (C=O) groups is 2. The van der Waals surface area contributed by atoms with Gasteiger partial charge in [-0.1, -0.05) is 13.8 Å². The first-order chi connectivity index (χ1) is 14.3. The van der Waals surface area contributed by atoms with E-state index in [1.54, 1.807) is 18.2 Å². The van der Waals surface area contributed by atoms with Crippen LogP contribution in [0.1, 0.15) is 46.7 Å². The van der Waals surface area contributed by atoms with Crippen molar-refractivity contribution in [1.29, 1.82) is 0 Å². The minimum Gasteiger partial charge on any atom is -0.398 e. The third kappa shape index (κ3) is 4.29. The van der Waals surface area contributed by atoms with E-state index in [2.05, 4.69) is 50.3 Å². The number of nitrogens with zero attached hydrogens (tertiary/aromatic N) is 1. The first-order valence-electron chi connectivity index (χ1n) is 10.1. The number of aryl methyl sites for hydroxylation is 1. The topological polar surface area (TPSA) is 103 Å². The molecular weight excluding hydrogens is 446 g/mol. The molecule has 7 nitrogen and oxygen atoms in total. The maximum Gasteiger partial charge on any atom is 0.256 e. The zero-order valence-corrected chi connectivity index (χ0v) is 19.4. The number of hydrogen-bond donors (Lipinski definition) is 4. The van der Waals surface area contributed by atoms with Crippen LogP contribution in [-0.4, -0.2) is 47.9 Å². The monoisotopic (exact) mass is 473 g/mol. The van der Waals surface area contributed by atoms with Crippen LogP contribution < -0.4 is 16.4 Å². The van der Waals surface area contributed by atoms with Crippen LogP contribution in [0.3, 0.4) is 0 Å². The number of halogens is 1. The van der Waals surface area contributed by atoms with Gasteiger partial charge in [0.1, 0.15) is 0 Å². The lowest BCUT2D eigenvalue weighted by molar-refractivity contribution is -0.110. The van der Waals surface area contributed by atoms with Gasteiger partial charge in [0, 0.05) is 40.2 Å². The number of nitrogen functional groups attached to an aromatic ring is 1. The summed E-state index contributed by atoms with van der Waals surface area (Å²) in [5.41, 5.74) is 11.5. The molecule has 8 heteroatoms. The number of aromatic nitrogens is 1. The normalized spacial score (nSPS) is 14.3. The zero-order valence-electron chi connectivity index (χ0n) is 17.8. The molecule has 0 radical (unpaired) electrons. The highest BCUT2D eigenvalue weighted by molar-refractivity contribution is 9.10. The molecule has 3 rings (SSSR count). The van der Waals surface area contributed by atoms with Crippen molar-refractivity contribution in [3.8, 4) is 0 Å². The summed E-state index contributed by atoms with van der Waals surface area (Å²) in [4.78, 5) is 30.8. The number of benzene rings is 1. The Morgan fingerprint density at radius 3 is 2.63 bits per heavy atom. The van der Waals surface area contributed by atoms with Crippen LogP contribution in [0, 0.1) is 13.8 Å². The SMILES string of the molecule is CCN(CC)CCNC(=O)c1c(C)[nH]c(/C=C2\C(=O)Nc3cc(Br)c(N)cc32)c1C. The van der Waals surface area contributed by atoms with Crippen molar-refractivity contribution in [2.75, 3.05) is 37.2 Å². The average molecular weight is 474 g/mol. The Labute approximate surface area is 185 Å². The predicted octanol–water partition coefficient (Wildman–Crippen LogP) is 3.54. The lowest BCUT2D eigenvalue weighted by Gasteiger charge is -2.18.